The minimum Gasteiger partial charge on any atom is -0.385 e. The molecular formula is C12H20N2O3S. The summed E-state index contributed by atoms with van der Waals surface area (Å²) in [6.07, 6.45) is 0.941. The van der Waals surface area contributed by atoms with Crippen molar-refractivity contribution in [3.63, 3.8) is 0 Å². The molecule has 1 atom stereocenters. The number of primary sulfonamides is 1. The van der Waals surface area contributed by atoms with Gasteiger partial charge in [-0.15, -0.1) is 0 Å². The number of ether oxygens (including phenoxy) is 1. The van der Waals surface area contributed by atoms with Crippen LogP contribution in [-0.4, -0.2) is 28.7 Å². The number of nitrogens with two attached hydrogens (primary N) is 1. The van der Waals surface area contributed by atoms with Crippen molar-refractivity contribution in [2.75, 3.05) is 20.3 Å². The van der Waals surface area contributed by atoms with Crippen molar-refractivity contribution in [3.05, 3.63) is 29.8 Å². The van der Waals surface area contributed by atoms with Crippen LogP contribution in [0.15, 0.2) is 29.2 Å². The molecule has 1 aromatic rings. The van der Waals surface area contributed by atoms with Gasteiger partial charge in [-0.2, -0.15) is 0 Å². The normalized spacial score (nSPS) is 13.5. The molecule has 0 saturated heterocycles. The van der Waals surface area contributed by atoms with E-state index in [9.17, 15) is 8.42 Å². The maximum Gasteiger partial charge on any atom is 0.238 e. The summed E-state index contributed by atoms with van der Waals surface area (Å²) in [5.74, 6) is 0. The van der Waals surface area contributed by atoms with E-state index in [4.69, 9.17) is 9.88 Å². The standard InChI is InChI=1S/C12H20N2O3S/c1-10(14-8-3-9-17-2)11-4-6-12(7-5-11)18(13,15)16/h4-7,10,14H,3,8-9H2,1-2H3,(H2,13,15,16). The van der Waals surface area contributed by atoms with Crippen molar-refractivity contribution < 1.29 is 13.2 Å². The summed E-state index contributed by atoms with van der Waals surface area (Å²) in [6, 6.07) is 6.76. The molecule has 0 spiro atoms. The van der Waals surface area contributed by atoms with Gasteiger partial charge >= 0.3 is 0 Å². The molecule has 0 amide bonds. The Morgan fingerprint density at radius 1 is 1.33 bits per heavy atom. The molecule has 0 bridgehead atoms. The first kappa shape index (κ1) is 15.1. The summed E-state index contributed by atoms with van der Waals surface area (Å²) in [7, 11) is -1.93. The molecule has 1 aromatic carbocycles. The van der Waals surface area contributed by atoms with Crippen LogP contribution in [0.3, 0.4) is 0 Å². The van der Waals surface area contributed by atoms with Crippen LogP contribution in [0.4, 0.5) is 0 Å². The van der Waals surface area contributed by atoms with Crippen LogP contribution in [-0.2, 0) is 14.8 Å². The van der Waals surface area contributed by atoms with Crippen molar-refractivity contribution in [2.45, 2.75) is 24.3 Å². The first-order valence-corrected chi connectivity index (χ1v) is 7.35. The summed E-state index contributed by atoms with van der Waals surface area (Å²) >= 11 is 0. The number of rotatable bonds is 7. The van der Waals surface area contributed by atoms with Gasteiger partial charge in [0.25, 0.3) is 0 Å². The third kappa shape index (κ3) is 4.73. The van der Waals surface area contributed by atoms with Gasteiger partial charge in [-0.05, 0) is 37.6 Å². The molecule has 6 heteroatoms. The molecule has 1 unspecified atom stereocenters. The van der Waals surface area contributed by atoms with Gasteiger partial charge in [0.1, 0.15) is 0 Å². The van der Waals surface area contributed by atoms with Crippen LogP contribution in [0.25, 0.3) is 0 Å². The van der Waals surface area contributed by atoms with Gasteiger partial charge in [-0.25, -0.2) is 13.6 Å². The van der Waals surface area contributed by atoms with E-state index in [0.717, 1.165) is 25.1 Å². The molecule has 0 aliphatic rings. The zero-order valence-corrected chi connectivity index (χ0v) is 11.5. The van der Waals surface area contributed by atoms with Crippen LogP contribution >= 0.6 is 0 Å². The summed E-state index contributed by atoms with van der Waals surface area (Å²) in [4.78, 5) is 0.137. The van der Waals surface area contributed by atoms with Crippen molar-refractivity contribution in [1.82, 2.24) is 5.32 Å². The van der Waals surface area contributed by atoms with Crippen molar-refractivity contribution in [3.8, 4) is 0 Å². The van der Waals surface area contributed by atoms with E-state index in [2.05, 4.69) is 5.32 Å². The summed E-state index contributed by atoms with van der Waals surface area (Å²) in [5, 5.41) is 8.37. The van der Waals surface area contributed by atoms with E-state index in [1.807, 2.05) is 6.92 Å². The Kier molecular flexibility index (Phi) is 5.74. The molecule has 0 aliphatic carbocycles. The van der Waals surface area contributed by atoms with Gasteiger partial charge < -0.3 is 10.1 Å². The highest BCUT2D eigenvalue weighted by atomic mass is 32.2. The van der Waals surface area contributed by atoms with Crippen molar-refractivity contribution in [1.29, 1.82) is 0 Å². The van der Waals surface area contributed by atoms with E-state index < -0.39 is 10.0 Å². The molecule has 0 fully saturated rings. The van der Waals surface area contributed by atoms with Crippen LogP contribution < -0.4 is 10.5 Å². The van der Waals surface area contributed by atoms with Gasteiger partial charge in [0.2, 0.25) is 10.0 Å². The molecule has 18 heavy (non-hydrogen) atoms. The topological polar surface area (TPSA) is 81.4 Å². The molecule has 0 aliphatic heterocycles. The number of hydrogen-bond acceptors (Lipinski definition) is 4. The molecule has 3 N–H and O–H groups in total. The Morgan fingerprint density at radius 2 is 1.94 bits per heavy atom. The van der Waals surface area contributed by atoms with Gasteiger partial charge in [-0.3, -0.25) is 0 Å². The second-order valence-electron chi connectivity index (χ2n) is 4.14. The minimum atomic E-state index is -3.61. The zero-order chi connectivity index (χ0) is 13.6. The lowest BCUT2D eigenvalue weighted by molar-refractivity contribution is 0.193. The Balaban J connectivity index is 2.57. The molecule has 0 radical (unpaired) electrons. The van der Waals surface area contributed by atoms with Gasteiger partial charge in [0.15, 0.2) is 0 Å². The SMILES string of the molecule is COCCCNC(C)c1ccc(S(N)(=O)=O)cc1. The molecular weight excluding hydrogens is 252 g/mol. The smallest absolute Gasteiger partial charge is 0.238 e. The molecule has 0 saturated carbocycles. The van der Waals surface area contributed by atoms with E-state index in [1.54, 1.807) is 19.2 Å². The lowest BCUT2D eigenvalue weighted by Crippen LogP contribution is -2.21. The zero-order valence-electron chi connectivity index (χ0n) is 10.7. The number of benzene rings is 1. The van der Waals surface area contributed by atoms with Crippen molar-refractivity contribution in [2.24, 2.45) is 5.14 Å². The summed E-state index contributed by atoms with van der Waals surface area (Å²) < 4.78 is 27.2. The summed E-state index contributed by atoms with van der Waals surface area (Å²) in [6.45, 7) is 3.61. The third-order valence-corrected chi connectivity index (χ3v) is 3.61. The minimum absolute atomic E-state index is 0.137. The highest BCUT2D eigenvalue weighted by Gasteiger charge is 2.09. The van der Waals surface area contributed by atoms with Crippen LogP contribution in [0.1, 0.15) is 24.9 Å². The lowest BCUT2D eigenvalue weighted by atomic mass is 10.1. The number of sulfonamides is 1. The largest absolute Gasteiger partial charge is 0.385 e. The Morgan fingerprint density at radius 3 is 2.44 bits per heavy atom. The Labute approximate surface area is 108 Å². The molecule has 0 heterocycles. The monoisotopic (exact) mass is 272 g/mol. The first-order chi connectivity index (χ1) is 8.45. The average molecular weight is 272 g/mol. The van der Waals surface area contributed by atoms with Crippen LogP contribution in [0.5, 0.6) is 0 Å². The summed E-state index contributed by atoms with van der Waals surface area (Å²) in [5.41, 5.74) is 1.03. The Bertz CT molecular complexity index is 457. The predicted molar refractivity (Wildman–Crippen MR) is 70.7 cm³/mol. The van der Waals surface area contributed by atoms with E-state index in [0.29, 0.717) is 0 Å². The molecule has 102 valence electrons. The predicted octanol–water partition coefficient (Wildman–Crippen LogP) is 1.02. The molecule has 5 nitrogen and oxygen atoms in total. The Hall–Kier alpha value is -0.950. The fourth-order valence-corrected chi connectivity index (χ4v) is 2.11. The highest BCUT2D eigenvalue weighted by molar-refractivity contribution is 7.89. The van der Waals surface area contributed by atoms with Gasteiger partial charge in [0.05, 0.1) is 4.90 Å². The van der Waals surface area contributed by atoms with Gasteiger partial charge in [0, 0.05) is 19.8 Å². The maximum atomic E-state index is 11.1. The van der Waals surface area contributed by atoms with Gasteiger partial charge in [-0.1, -0.05) is 12.1 Å². The van der Waals surface area contributed by atoms with Crippen LogP contribution in [0, 0.1) is 0 Å². The average Bonchev–Trinajstić information content (AvgIpc) is 2.33. The lowest BCUT2D eigenvalue weighted by Gasteiger charge is -2.14. The third-order valence-electron chi connectivity index (χ3n) is 2.68. The quantitative estimate of drug-likeness (QED) is 0.726. The fourth-order valence-electron chi connectivity index (χ4n) is 1.60. The number of nitrogens with one attached hydrogen (secondary N) is 1. The number of hydrogen-bond donors (Lipinski definition) is 2. The first-order valence-electron chi connectivity index (χ1n) is 5.80. The van der Waals surface area contributed by atoms with E-state index >= 15 is 0 Å². The molecule has 1 rings (SSSR count). The van der Waals surface area contributed by atoms with E-state index in [-0.39, 0.29) is 10.9 Å². The number of methoxy groups -OCH3 is 1. The second kappa shape index (κ2) is 6.84. The molecule has 0 aromatic heterocycles. The van der Waals surface area contributed by atoms with Crippen molar-refractivity contribution >= 4 is 10.0 Å². The van der Waals surface area contributed by atoms with Crippen LogP contribution in [0.2, 0.25) is 0 Å². The second-order valence-corrected chi connectivity index (χ2v) is 5.70. The highest BCUT2D eigenvalue weighted by Crippen LogP contribution is 2.15. The maximum absolute atomic E-state index is 11.1. The fraction of sp³-hybridized carbons (Fsp3) is 0.500. The van der Waals surface area contributed by atoms with E-state index in [1.165, 1.54) is 12.1 Å².